The van der Waals surface area contributed by atoms with Gasteiger partial charge in [-0.15, -0.1) is 0 Å². The third-order valence-corrected chi connectivity index (χ3v) is 3.77. The molecule has 0 saturated heterocycles. The fraction of sp³-hybridized carbons (Fsp3) is 0.417. The van der Waals surface area contributed by atoms with E-state index in [1.807, 2.05) is 57.2 Å². The highest BCUT2D eigenvalue weighted by Gasteiger charge is 2.18. The van der Waals surface area contributed by atoms with Crippen molar-refractivity contribution in [3.05, 3.63) is 54.1 Å². The van der Waals surface area contributed by atoms with Crippen LogP contribution in [0.2, 0.25) is 0 Å². The third-order valence-electron chi connectivity index (χ3n) is 3.77. The van der Waals surface area contributed by atoms with E-state index in [9.17, 15) is 9.59 Å². The van der Waals surface area contributed by atoms with E-state index >= 15 is 0 Å². The summed E-state index contributed by atoms with van der Waals surface area (Å²) >= 11 is 0. The zero-order valence-electron chi connectivity index (χ0n) is 18.1. The average molecular weight is 398 g/mol. The fourth-order valence-corrected chi connectivity index (χ4v) is 2.59. The topological polar surface area (TPSA) is 61.8 Å². The maximum atomic E-state index is 11.8. The van der Waals surface area contributed by atoms with Gasteiger partial charge in [0.2, 0.25) is 0 Å². The highest BCUT2D eigenvalue weighted by Crippen LogP contribution is 2.24. The van der Waals surface area contributed by atoms with Gasteiger partial charge in [0.15, 0.2) is 0 Å². The van der Waals surface area contributed by atoms with Crippen molar-refractivity contribution in [3.63, 3.8) is 0 Å². The van der Waals surface area contributed by atoms with Crippen LogP contribution in [0.1, 0.15) is 53.5 Å². The lowest BCUT2D eigenvalue weighted by molar-refractivity contribution is -0.154. The first-order valence-corrected chi connectivity index (χ1v) is 9.73. The lowest BCUT2D eigenvalue weighted by Crippen LogP contribution is -2.25. The molecule has 0 spiro atoms. The highest BCUT2D eigenvalue weighted by molar-refractivity contribution is 5.70. The van der Waals surface area contributed by atoms with Crippen LogP contribution in [0, 0.1) is 0 Å². The smallest absolute Gasteiger partial charge is 0.460 e. The molecule has 0 saturated carbocycles. The summed E-state index contributed by atoms with van der Waals surface area (Å²) in [5.74, 6) is 0.235. The standard InChI is InChI=1S/C24H30O5/c1-23(2,3)28-21(25)16-9-17-7-10-18(11-8-17)19-12-14-20(15-13-19)27-22(26)29-24(4,5)6/h7-8,10-15H,9,16H2,1-6H3. The predicted octanol–water partition coefficient (Wildman–Crippen LogP) is 5.94. The van der Waals surface area contributed by atoms with Crippen molar-refractivity contribution in [3.8, 4) is 16.9 Å². The quantitative estimate of drug-likeness (QED) is 0.460. The summed E-state index contributed by atoms with van der Waals surface area (Å²) in [4.78, 5) is 23.6. The Bertz CT molecular complexity index is 822. The van der Waals surface area contributed by atoms with Gasteiger partial charge in [-0.3, -0.25) is 4.79 Å². The van der Waals surface area contributed by atoms with E-state index in [1.54, 1.807) is 32.9 Å². The molecule has 5 heteroatoms. The minimum Gasteiger partial charge on any atom is -0.460 e. The number of esters is 1. The first-order chi connectivity index (χ1) is 13.4. The Morgan fingerprint density at radius 3 is 1.69 bits per heavy atom. The van der Waals surface area contributed by atoms with Crippen LogP contribution in [-0.2, 0) is 20.7 Å². The monoisotopic (exact) mass is 398 g/mol. The molecule has 0 aliphatic heterocycles. The van der Waals surface area contributed by atoms with E-state index in [-0.39, 0.29) is 5.97 Å². The summed E-state index contributed by atoms with van der Waals surface area (Å²) in [7, 11) is 0. The molecule has 0 fully saturated rings. The van der Waals surface area contributed by atoms with Gasteiger partial charge in [0, 0.05) is 6.42 Å². The van der Waals surface area contributed by atoms with Crippen LogP contribution in [0.25, 0.3) is 11.1 Å². The van der Waals surface area contributed by atoms with Crippen LogP contribution < -0.4 is 4.74 Å². The number of benzene rings is 2. The molecule has 0 heterocycles. The van der Waals surface area contributed by atoms with Gasteiger partial charge in [-0.2, -0.15) is 0 Å². The van der Waals surface area contributed by atoms with Crippen LogP contribution >= 0.6 is 0 Å². The molecule has 2 aromatic rings. The number of carbonyl (C=O) groups excluding carboxylic acids is 2. The first kappa shape index (κ1) is 22.5. The minimum atomic E-state index is -0.723. The lowest BCUT2D eigenvalue weighted by atomic mass is 10.0. The molecule has 0 unspecified atom stereocenters. The molecule has 156 valence electrons. The molecule has 2 rings (SSSR count). The molecule has 0 aliphatic carbocycles. The number of ether oxygens (including phenoxy) is 3. The first-order valence-electron chi connectivity index (χ1n) is 9.73. The van der Waals surface area contributed by atoms with Crippen molar-refractivity contribution in [2.75, 3.05) is 0 Å². The maximum Gasteiger partial charge on any atom is 0.514 e. The summed E-state index contributed by atoms with van der Waals surface area (Å²) in [6.45, 7) is 11.0. The van der Waals surface area contributed by atoms with Gasteiger partial charge in [0.25, 0.3) is 0 Å². The second kappa shape index (κ2) is 9.12. The molecule has 0 aromatic heterocycles. The van der Waals surface area contributed by atoms with E-state index in [4.69, 9.17) is 14.2 Å². The molecule has 0 N–H and O–H groups in total. The Balaban J connectivity index is 1.92. The Hall–Kier alpha value is -2.82. The SMILES string of the molecule is CC(C)(C)OC(=O)CCc1ccc(-c2ccc(OC(=O)OC(C)(C)C)cc2)cc1. The minimum absolute atomic E-state index is 0.192. The molecule has 29 heavy (non-hydrogen) atoms. The summed E-state index contributed by atoms with van der Waals surface area (Å²) < 4.78 is 15.7. The van der Waals surface area contributed by atoms with E-state index in [2.05, 4.69) is 0 Å². The maximum absolute atomic E-state index is 11.8. The molecule has 0 amide bonds. The van der Waals surface area contributed by atoms with Crippen LogP contribution in [0.4, 0.5) is 4.79 Å². The molecular weight excluding hydrogens is 368 g/mol. The lowest BCUT2D eigenvalue weighted by Gasteiger charge is -2.19. The number of aryl methyl sites for hydroxylation is 1. The largest absolute Gasteiger partial charge is 0.514 e. The van der Waals surface area contributed by atoms with Gasteiger partial charge in [0.05, 0.1) is 0 Å². The van der Waals surface area contributed by atoms with Crippen molar-refractivity contribution in [1.29, 1.82) is 0 Å². The van der Waals surface area contributed by atoms with Gasteiger partial charge >= 0.3 is 12.1 Å². The molecular formula is C24H30O5. The molecule has 0 bridgehead atoms. The number of rotatable bonds is 5. The Kier molecular flexibility index (Phi) is 7.07. The van der Waals surface area contributed by atoms with Gasteiger partial charge in [0.1, 0.15) is 17.0 Å². The summed E-state index contributed by atoms with van der Waals surface area (Å²) in [6.07, 6.45) is 0.269. The third kappa shape index (κ3) is 8.38. The number of carbonyl (C=O) groups is 2. The van der Waals surface area contributed by atoms with Crippen LogP contribution in [0.15, 0.2) is 48.5 Å². The second-order valence-corrected chi connectivity index (χ2v) is 8.87. The van der Waals surface area contributed by atoms with Gasteiger partial charge in [-0.25, -0.2) is 4.79 Å². The van der Waals surface area contributed by atoms with Gasteiger partial charge in [-0.05, 0) is 76.8 Å². The number of hydrogen-bond acceptors (Lipinski definition) is 5. The molecule has 0 aliphatic rings. The van der Waals surface area contributed by atoms with Crippen molar-refractivity contribution in [2.45, 2.75) is 65.6 Å². The Morgan fingerprint density at radius 2 is 1.21 bits per heavy atom. The summed E-state index contributed by atoms with van der Waals surface area (Å²) in [5.41, 5.74) is 2.06. The van der Waals surface area contributed by atoms with Crippen LogP contribution in [0.5, 0.6) is 5.75 Å². The van der Waals surface area contributed by atoms with Gasteiger partial charge in [-0.1, -0.05) is 36.4 Å². The predicted molar refractivity (Wildman–Crippen MR) is 113 cm³/mol. The molecule has 2 aromatic carbocycles. The van der Waals surface area contributed by atoms with Crippen LogP contribution in [-0.4, -0.2) is 23.3 Å². The molecule has 0 radical (unpaired) electrons. The highest BCUT2D eigenvalue weighted by atomic mass is 16.7. The Labute approximate surface area is 173 Å². The summed E-state index contributed by atoms with van der Waals surface area (Å²) in [6, 6.07) is 15.3. The van der Waals surface area contributed by atoms with Crippen LogP contribution in [0.3, 0.4) is 0 Å². The van der Waals surface area contributed by atoms with E-state index in [0.29, 0.717) is 18.6 Å². The zero-order valence-corrected chi connectivity index (χ0v) is 18.1. The van der Waals surface area contributed by atoms with E-state index < -0.39 is 17.4 Å². The summed E-state index contributed by atoms with van der Waals surface area (Å²) in [5, 5.41) is 0. The van der Waals surface area contributed by atoms with E-state index in [0.717, 1.165) is 16.7 Å². The zero-order chi connectivity index (χ0) is 21.7. The van der Waals surface area contributed by atoms with Crippen molar-refractivity contribution in [1.82, 2.24) is 0 Å². The normalized spacial score (nSPS) is 11.7. The van der Waals surface area contributed by atoms with Crippen molar-refractivity contribution >= 4 is 12.1 Å². The van der Waals surface area contributed by atoms with Gasteiger partial charge < -0.3 is 14.2 Å². The second-order valence-electron chi connectivity index (χ2n) is 8.87. The molecule has 0 atom stereocenters. The Morgan fingerprint density at radius 1 is 0.724 bits per heavy atom. The fourth-order valence-electron chi connectivity index (χ4n) is 2.59. The number of hydrogen-bond donors (Lipinski definition) is 0. The van der Waals surface area contributed by atoms with E-state index in [1.165, 1.54) is 0 Å². The molecule has 5 nitrogen and oxygen atoms in total. The van der Waals surface area contributed by atoms with Crippen molar-refractivity contribution in [2.24, 2.45) is 0 Å². The average Bonchev–Trinajstić information content (AvgIpc) is 2.58. The van der Waals surface area contributed by atoms with Crippen molar-refractivity contribution < 1.29 is 23.8 Å².